The van der Waals surface area contributed by atoms with Crippen molar-refractivity contribution >= 4 is 32.9 Å². The highest BCUT2D eigenvalue weighted by atomic mass is 79.9. The van der Waals surface area contributed by atoms with Crippen molar-refractivity contribution in [1.82, 2.24) is 9.55 Å². The van der Waals surface area contributed by atoms with Gasteiger partial charge in [0.25, 0.3) is 0 Å². The molecule has 1 saturated carbocycles. The summed E-state index contributed by atoms with van der Waals surface area (Å²) in [6.45, 7) is 0.995. The van der Waals surface area contributed by atoms with Gasteiger partial charge in [0.2, 0.25) is 5.95 Å². The maximum Gasteiger partial charge on any atom is 0.201 e. The topological polar surface area (TPSA) is 43.8 Å². The zero-order valence-corrected chi connectivity index (χ0v) is 11.3. The molecule has 0 bridgehead atoms. The molecule has 0 radical (unpaired) electrons. The van der Waals surface area contributed by atoms with Gasteiger partial charge < -0.3 is 10.3 Å². The van der Waals surface area contributed by atoms with E-state index in [9.17, 15) is 0 Å². The summed E-state index contributed by atoms with van der Waals surface area (Å²) in [5, 5.41) is 0. The average molecular weight is 294 g/mol. The Hall–Kier alpha value is -1.03. The van der Waals surface area contributed by atoms with E-state index in [2.05, 4.69) is 31.5 Å². The number of nitrogen functional groups attached to an aromatic ring is 1. The van der Waals surface area contributed by atoms with Crippen LogP contribution in [0.2, 0.25) is 0 Å². The Balaban J connectivity index is 1.88. The first-order valence-electron chi connectivity index (χ1n) is 6.15. The highest BCUT2D eigenvalue weighted by Crippen LogP contribution is 2.31. The van der Waals surface area contributed by atoms with Crippen LogP contribution >= 0.6 is 15.9 Å². The summed E-state index contributed by atoms with van der Waals surface area (Å²) in [5.41, 5.74) is 8.11. The quantitative estimate of drug-likeness (QED) is 0.940. The van der Waals surface area contributed by atoms with Gasteiger partial charge in [-0.05, 0) is 30.5 Å². The summed E-state index contributed by atoms with van der Waals surface area (Å²) in [7, 11) is 0. The van der Waals surface area contributed by atoms with Gasteiger partial charge in [-0.3, -0.25) is 0 Å². The number of benzene rings is 1. The van der Waals surface area contributed by atoms with Crippen molar-refractivity contribution < 1.29 is 0 Å². The third-order valence-electron chi connectivity index (χ3n) is 3.73. The molecule has 0 atom stereocenters. The zero-order chi connectivity index (χ0) is 11.8. The summed E-state index contributed by atoms with van der Waals surface area (Å²) in [6, 6.07) is 6.15. The molecule has 17 heavy (non-hydrogen) atoms. The maximum atomic E-state index is 5.99. The number of nitrogens with two attached hydrogens (primary N) is 1. The molecular formula is C13H16BrN3. The van der Waals surface area contributed by atoms with Crippen molar-refractivity contribution in [3.8, 4) is 0 Å². The lowest BCUT2D eigenvalue weighted by Crippen LogP contribution is -2.14. The van der Waals surface area contributed by atoms with Crippen LogP contribution in [0.3, 0.4) is 0 Å². The van der Waals surface area contributed by atoms with Gasteiger partial charge in [0.15, 0.2) is 0 Å². The second-order valence-corrected chi connectivity index (χ2v) is 5.76. The van der Waals surface area contributed by atoms with Gasteiger partial charge in [0.1, 0.15) is 0 Å². The van der Waals surface area contributed by atoms with Crippen LogP contribution in [0, 0.1) is 5.92 Å². The average Bonchev–Trinajstić information content (AvgIpc) is 2.52. The third kappa shape index (κ3) is 2.06. The molecule has 90 valence electrons. The monoisotopic (exact) mass is 293 g/mol. The fourth-order valence-corrected chi connectivity index (χ4v) is 2.80. The van der Waals surface area contributed by atoms with Crippen LogP contribution in [0.1, 0.15) is 25.7 Å². The molecule has 0 saturated heterocycles. The van der Waals surface area contributed by atoms with Gasteiger partial charge in [0, 0.05) is 11.0 Å². The molecule has 1 fully saturated rings. The number of aromatic nitrogens is 2. The Labute approximate surface area is 109 Å². The number of halogens is 1. The number of anilines is 1. The Morgan fingerprint density at radius 1 is 1.41 bits per heavy atom. The molecule has 3 nitrogen and oxygen atoms in total. The van der Waals surface area contributed by atoms with Gasteiger partial charge in [-0.1, -0.05) is 35.2 Å². The highest BCUT2D eigenvalue weighted by molar-refractivity contribution is 9.10. The van der Waals surface area contributed by atoms with Gasteiger partial charge in [-0.25, -0.2) is 4.98 Å². The lowest BCUT2D eigenvalue weighted by atomic mass is 9.83. The Morgan fingerprint density at radius 2 is 2.24 bits per heavy atom. The van der Waals surface area contributed by atoms with Crippen molar-refractivity contribution in [2.45, 2.75) is 32.2 Å². The molecule has 4 heteroatoms. The minimum absolute atomic E-state index is 0.637. The highest BCUT2D eigenvalue weighted by Gasteiger charge is 2.18. The second kappa shape index (κ2) is 4.33. The number of imidazole rings is 1. The van der Waals surface area contributed by atoms with Crippen LogP contribution in [-0.2, 0) is 6.54 Å². The first-order valence-corrected chi connectivity index (χ1v) is 6.94. The first kappa shape index (κ1) is 11.1. The minimum Gasteiger partial charge on any atom is -0.369 e. The maximum absolute atomic E-state index is 5.99. The Morgan fingerprint density at radius 3 is 2.94 bits per heavy atom. The second-order valence-electron chi connectivity index (χ2n) is 4.84. The smallest absolute Gasteiger partial charge is 0.201 e. The van der Waals surface area contributed by atoms with Crippen LogP contribution < -0.4 is 5.73 Å². The van der Waals surface area contributed by atoms with E-state index in [1.54, 1.807) is 0 Å². The van der Waals surface area contributed by atoms with Crippen LogP contribution in [0.5, 0.6) is 0 Å². The first-order chi connectivity index (χ1) is 8.24. The lowest BCUT2D eigenvalue weighted by Gasteiger charge is -2.25. The van der Waals surface area contributed by atoms with Gasteiger partial charge in [-0.15, -0.1) is 0 Å². The number of rotatable bonds is 3. The van der Waals surface area contributed by atoms with E-state index < -0.39 is 0 Å². The Kier molecular flexibility index (Phi) is 2.82. The summed E-state index contributed by atoms with van der Waals surface area (Å²) in [6.07, 6.45) is 5.40. The predicted molar refractivity (Wildman–Crippen MR) is 73.8 cm³/mol. The van der Waals surface area contributed by atoms with Crippen molar-refractivity contribution in [3.05, 3.63) is 22.7 Å². The van der Waals surface area contributed by atoms with Crippen molar-refractivity contribution in [2.24, 2.45) is 5.92 Å². The largest absolute Gasteiger partial charge is 0.369 e. The summed E-state index contributed by atoms with van der Waals surface area (Å²) in [5.74, 6) is 1.54. The summed E-state index contributed by atoms with van der Waals surface area (Å²) < 4.78 is 3.19. The molecule has 2 aromatic rings. The number of hydrogen-bond acceptors (Lipinski definition) is 2. The van der Waals surface area contributed by atoms with E-state index in [-0.39, 0.29) is 0 Å². The number of nitrogens with zero attached hydrogens (tertiary/aromatic N) is 2. The van der Waals surface area contributed by atoms with E-state index in [0.29, 0.717) is 5.95 Å². The van der Waals surface area contributed by atoms with E-state index in [1.165, 1.54) is 25.7 Å². The minimum atomic E-state index is 0.637. The molecule has 0 aliphatic heterocycles. The molecule has 1 heterocycles. The normalized spacial score (nSPS) is 16.3. The molecular weight excluding hydrogens is 278 g/mol. The number of hydrogen-bond donors (Lipinski definition) is 1. The Bertz CT molecular complexity index is 543. The summed E-state index contributed by atoms with van der Waals surface area (Å²) >= 11 is 3.46. The van der Waals surface area contributed by atoms with Gasteiger partial charge in [0.05, 0.1) is 11.0 Å². The molecule has 0 unspecified atom stereocenters. The third-order valence-corrected chi connectivity index (χ3v) is 4.22. The molecule has 0 amide bonds. The van der Waals surface area contributed by atoms with Crippen LogP contribution in [0.15, 0.2) is 22.7 Å². The van der Waals surface area contributed by atoms with Crippen molar-refractivity contribution in [3.63, 3.8) is 0 Å². The van der Waals surface area contributed by atoms with Crippen molar-refractivity contribution in [1.29, 1.82) is 0 Å². The molecule has 1 aliphatic rings. The van der Waals surface area contributed by atoms with Crippen LogP contribution in [0.4, 0.5) is 5.95 Å². The van der Waals surface area contributed by atoms with Gasteiger partial charge in [-0.2, -0.15) is 0 Å². The molecule has 3 rings (SSSR count). The molecule has 1 aromatic heterocycles. The van der Waals surface area contributed by atoms with Crippen LogP contribution in [-0.4, -0.2) is 9.55 Å². The van der Waals surface area contributed by atoms with Crippen molar-refractivity contribution in [2.75, 3.05) is 5.73 Å². The zero-order valence-electron chi connectivity index (χ0n) is 9.69. The SMILES string of the molecule is Nc1nc2cc(Br)ccc2n1CCC1CCC1. The lowest BCUT2D eigenvalue weighted by molar-refractivity contribution is 0.284. The predicted octanol–water partition coefficient (Wildman–Crippen LogP) is 3.57. The number of fused-ring (bicyclic) bond motifs is 1. The molecule has 1 aromatic carbocycles. The van der Waals surface area contributed by atoms with Gasteiger partial charge >= 0.3 is 0 Å². The number of aryl methyl sites for hydroxylation is 1. The molecule has 0 spiro atoms. The molecule has 1 aliphatic carbocycles. The summed E-state index contributed by atoms with van der Waals surface area (Å²) in [4.78, 5) is 4.41. The van der Waals surface area contributed by atoms with E-state index in [1.807, 2.05) is 12.1 Å². The van der Waals surface area contributed by atoms with E-state index in [4.69, 9.17) is 5.73 Å². The fraction of sp³-hybridized carbons (Fsp3) is 0.462. The van der Waals surface area contributed by atoms with Crippen LogP contribution in [0.25, 0.3) is 11.0 Å². The molecule has 2 N–H and O–H groups in total. The van der Waals surface area contributed by atoms with E-state index in [0.717, 1.165) is 28.0 Å². The standard InChI is InChI=1S/C13H16BrN3/c14-10-4-5-12-11(8-10)16-13(15)17(12)7-6-9-2-1-3-9/h4-5,8-9H,1-3,6-7H2,(H2,15,16). The van der Waals surface area contributed by atoms with E-state index >= 15 is 0 Å². The fourth-order valence-electron chi connectivity index (χ4n) is 2.45.